The van der Waals surface area contributed by atoms with Crippen LogP contribution in [0, 0.1) is 5.92 Å². The summed E-state index contributed by atoms with van der Waals surface area (Å²) >= 11 is 0. The van der Waals surface area contributed by atoms with Crippen molar-refractivity contribution in [1.29, 1.82) is 0 Å². The Balaban J connectivity index is 1.55. The van der Waals surface area contributed by atoms with Crippen LogP contribution in [0.3, 0.4) is 0 Å². The van der Waals surface area contributed by atoms with Gasteiger partial charge in [-0.3, -0.25) is 9.59 Å². The van der Waals surface area contributed by atoms with Crippen molar-refractivity contribution in [3.63, 3.8) is 0 Å². The van der Waals surface area contributed by atoms with Crippen molar-refractivity contribution in [3.05, 3.63) is 59.7 Å². The predicted molar refractivity (Wildman–Crippen MR) is 96.6 cm³/mol. The van der Waals surface area contributed by atoms with Crippen LogP contribution < -0.4 is 5.73 Å². The van der Waals surface area contributed by atoms with E-state index in [2.05, 4.69) is 12.1 Å². The van der Waals surface area contributed by atoms with Gasteiger partial charge in [0.15, 0.2) is 0 Å². The summed E-state index contributed by atoms with van der Waals surface area (Å²) in [6.45, 7) is 0.194. The second-order valence-corrected chi connectivity index (χ2v) is 7.15. The van der Waals surface area contributed by atoms with Gasteiger partial charge in [-0.25, -0.2) is 0 Å². The first kappa shape index (κ1) is 16.8. The van der Waals surface area contributed by atoms with Crippen LogP contribution in [0.4, 0.5) is 0 Å². The van der Waals surface area contributed by atoms with Gasteiger partial charge in [0.2, 0.25) is 0 Å². The summed E-state index contributed by atoms with van der Waals surface area (Å²) in [5.41, 5.74) is 9.04. The number of hydrogen-bond acceptors (Lipinski definition) is 4. The SMILES string of the molecule is N[C@]1(C(=O)O)CCC[C@H]1C(=O)OCC1c2ccccc2-c2ccccc21. The van der Waals surface area contributed by atoms with E-state index in [1.54, 1.807) is 0 Å². The van der Waals surface area contributed by atoms with Crippen molar-refractivity contribution in [2.75, 3.05) is 6.61 Å². The lowest BCUT2D eigenvalue weighted by atomic mass is 9.88. The maximum atomic E-state index is 12.6. The number of fused-ring (bicyclic) bond motifs is 3. The fourth-order valence-corrected chi connectivity index (χ4v) is 4.32. The van der Waals surface area contributed by atoms with Crippen molar-refractivity contribution >= 4 is 11.9 Å². The van der Waals surface area contributed by atoms with Gasteiger partial charge in [0.05, 0.1) is 5.92 Å². The van der Waals surface area contributed by atoms with Crippen molar-refractivity contribution in [2.45, 2.75) is 30.7 Å². The molecule has 4 rings (SSSR count). The number of carbonyl (C=O) groups is 2. The van der Waals surface area contributed by atoms with Crippen molar-refractivity contribution < 1.29 is 19.4 Å². The molecule has 1 saturated carbocycles. The highest BCUT2D eigenvalue weighted by molar-refractivity contribution is 5.88. The van der Waals surface area contributed by atoms with Crippen molar-refractivity contribution in [2.24, 2.45) is 11.7 Å². The Morgan fingerprint density at radius 3 is 2.23 bits per heavy atom. The van der Waals surface area contributed by atoms with Crippen molar-refractivity contribution in [3.8, 4) is 11.1 Å². The Morgan fingerprint density at radius 1 is 1.08 bits per heavy atom. The van der Waals surface area contributed by atoms with E-state index in [0.717, 1.165) is 22.3 Å². The molecule has 2 aliphatic rings. The van der Waals surface area contributed by atoms with E-state index in [0.29, 0.717) is 19.3 Å². The van der Waals surface area contributed by atoms with Crippen LogP contribution in [-0.2, 0) is 14.3 Å². The molecule has 2 aromatic carbocycles. The monoisotopic (exact) mass is 351 g/mol. The standard InChI is InChI=1S/C21H21NO4/c22-21(20(24)25)11-5-10-18(21)19(23)26-12-17-15-8-3-1-6-13(15)14-7-2-4-9-16(14)17/h1-4,6-9,17-18H,5,10-12,22H2,(H,24,25)/t18-,21+/m0/s1. The lowest BCUT2D eigenvalue weighted by Crippen LogP contribution is -2.53. The zero-order valence-electron chi connectivity index (χ0n) is 14.4. The topological polar surface area (TPSA) is 89.6 Å². The highest BCUT2D eigenvalue weighted by Gasteiger charge is 2.50. The summed E-state index contributed by atoms with van der Waals surface area (Å²) < 4.78 is 5.59. The van der Waals surface area contributed by atoms with Gasteiger partial charge >= 0.3 is 11.9 Å². The van der Waals surface area contributed by atoms with Gasteiger partial charge in [0.1, 0.15) is 12.1 Å². The number of ether oxygens (including phenoxy) is 1. The molecule has 0 amide bonds. The summed E-state index contributed by atoms with van der Waals surface area (Å²) in [5, 5.41) is 9.40. The van der Waals surface area contributed by atoms with Gasteiger partial charge in [-0.2, -0.15) is 0 Å². The Bertz CT molecular complexity index is 832. The molecule has 5 heteroatoms. The molecule has 1 fully saturated rings. The fourth-order valence-electron chi connectivity index (χ4n) is 4.32. The number of rotatable bonds is 4. The van der Waals surface area contributed by atoms with Gasteiger partial charge < -0.3 is 15.6 Å². The fraction of sp³-hybridized carbons (Fsp3) is 0.333. The maximum absolute atomic E-state index is 12.6. The van der Waals surface area contributed by atoms with Gasteiger partial charge in [0, 0.05) is 5.92 Å². The first-order valence-corrected chi connectivity index (χ1v) is 8.89. The third-order valence-electron chi connectivity index (χ3n) is 5.74. The molecule has 0 heterocycles. The molecule has 5 nitrogen and oxygen atoms in total. The molecule has 2 aromatic rings. The maximum Gasteiger partial charge on any atom is 0.324 e. The Morgan fingerprint density at radius 2 is 1.65 bits per heavy atom. The third-order valence-corrected chi connectivity index (χ3v) is 5.74. The number of hydrogen-bond donors (Lipinski definition) is 2. The average Bonchev–Trinajstić information content (AvgIpc) is 3.19. The zero-order chi connectivity index (χ0) is 18.3. The third kappa shape index (κ3) is 2.51. The van der Waals surface area contributed by atoms with Crippen LogP contribution in [0.25, 0.3) is 11.1 Å². The lowest BCUT2D eigenvalue weighted by Gasteiger charge is -2.25. The normalized spacial score (nSPS) is 24.1. The van der Waals surface area contributed by atoms with Crippen LogP contribution in [-0.4, -0.2) is 29.2 Å². The van der Waals surface area contributed by atoms with Crippen LogP contribution in [0.1, 0.15) is 36.3 Å². The first-order chi connectivity index (χ1) is 12.5. The van der Waals surface area contributed by atoms with Crippen LogP contribution in [0.15, 0.2) is 48.5 Å². The van der Waals surface area contributed by atoms with E-state index in [9.17, 15) is 14.7 Å². The quantitative estimate of drug-likeness (QED) is 0.827. The minimum Gasteiger partial charge on any atom is -0.480 e. The van der Waals surface area contributed by atoms with Gasteiger partial charge in [0.25, 0.3) is 0 Å². The molecule has 2 atom stereocenters. The molecule has 2 aliphatic carbocycles. The molecule has 0 radical (unpaired) electrons. The molecule has 0 bridgehead atoms. The summed E-state index contributed by atoms with van der Waals surface area (Å²) in [6.07, 6.45) is 1.38. The number of benzene rings is 2. The largest absolute Gasteiger partial charge is 0.480 e. The highest BCUT2D eigenvalue weighted by Crippen LogP contribution is 2.45. The second-order valence-electron chi connectivity index (χ2n) is 7.15. The number of esters is 1. The zero-order valence-corrected chi connectivity index (χ0v) is 14.4. The van der Waals surface area contributed by atoms with Crippen molar-refractivity contribution in [1.82, 2.24) is 0 Å². The molecule has 134 valence electrons. The minimum absolute atomic E-state index is 0.0373. The Hall–Kier alpha value is -2.66. The predicted octanol–water partition coefficient (Wildman–Crippen LogP) is 2.92. The molecule has 3 N–H and O–H groups in total. The summed E-state index contributed by atoms with van der Waals surface area (Å²) in [5.74, 6) is -2.46. The smallest absolute Gasteiger partial charge is 0.324 e. The molecule has 0 unspecified atom stereocenters. The lowest BCUT2D eigenvalue weighted by molar-refractivity contribution is -0.158. The van der Waals surface area contributed by atoms with E-state index in [1.165, 1.54) is 0 Å². The molecule has 0 saturated heterocycles. The molecule has 0 aliphatic heterocycles. The van der Waals surface area contributed by atoms with Gasteiger partial charge in [-0.15, -0.1) is 0 Å². The van der Waals surface area contributed by atoms with Gasteiger partial charge in [-0.1, -0.05) is 55.0 Å². The summed E-state index contributed by atoms with van der Waals surface area (Å²) in [7, 11) is 0. The summed E-state index contributed by atoms with van der Waals surface area (Å²) in [4.78, 5) is 24.1. The van der Waals surface area contributed by atoms with E-state index in [1.807, 2.05) is 36.4 Å². The van der Waals surface area contributed by atoms with E-state index in [4.69, 9.17) is 10.5 Å². The summed E-state index contributed by atoms with van der Waals surface area (Å²) in [6, 6.07) is 16.2. The Labute approximate surface area is 151 Å². The molecular formula is C21H21NO4. The minimum atomic E-state index is -1.51. The molecular weight excluding hydrogens is 330 g/mol. The average molecular weight is 351 g/mol. The molecule has 0 spiro atoms. The number of nitrogens with two attached hydrogens (primary N) is 1. The number of carboxylic acids is 1. The number of carboxylic acid groups (broad SMARTS) is 1. The Kier molecular flexibility index (Phi) is 4.04. The van der Waals surface area contributed by atoms with Crippen LogP contribution >= 0.6 is 0 Å². The molecule has 26 heavy (non-hydrogen) atoms. The molecule has 0 aromatic heterocycles. The van der Waals surface area contributed by atoms with E-state index < -0.39 is 23.4 Å². The van der Waals surface area contributed by atoms with E-state index >= 15 is 0 Å². The van der Waals surface area contributed by atoms with Crippen LogP contribution in [0.2, 0.25) is 0 Å². The second kappa shape index (κ2) is 6.25. The number of carbonyl (C=O) groups excluding carboxylic acids is 1. The first-order valence-electron chi connectivity index (χ1n) is 8.89. The number of aliphatic carboxylic acids is 1. The van der Waals surface area contributed by atoms with E-state index in [-0.39, 0.29) is 12.5 Å². The van der Waals surface area contributed by atoms with Gasteiger partial charge in [-0.05, 0) is 35.1 Å². The van der Waals surface area contributed by atoms with Crippen LogP contribution in [0.5, 0.6) is 0 Å². The highest BCUT2D eigenvalue weighted by atomic mass is 16.5.